The van der Waals surface area contributed by atoms with Crippen LogP contribution < -0.4 is 0 Å². The Morgan fingerprint density at radius 2 is 1.96 bits per heavy atom. The molecular formula is C15H12N6O2. The monoisotopic (exact) mass is 308 g/mol. The van der Waals surface area contributed by atoms with E-state index < -0.39 is 0 Å². The maximum atomic E-state index is 5.18. The molecule has 8 heteroatoms. The zero-order chi connectivity index (χ0) is 15.6. The van der Waals surface area contributed by atoms with Crippen LogP contribution >= 0.6 is 0 Å². The van der Waals surface area contributed by atoms with E-state index in [0.717, 1.165) is 11.1 Å². The number of rotatable bonds is 4. The van der Waals surface area contributed by atoms with Gasteiger partial charge in [-0.1, -0.05) is 35.0 Å². The van der Waals surface area contributed by atoms with E-state index in [9.17, 15) is 0 Å². The minimum Gasteiger partial charge on any atom is -0.472 e. The van der Waals surface area contributed by atoms with Crippen LogP contribution in [0.2, 0.25) is 0 Å². The van der Waals surface area contributed by atoms with Gasteiger partial charge in [0.15, 0.2) is 5.82 Å². The van der Waals surface area contributed by atoms with Gasteiger partial charge >= 0.3 is 0 Å². The van der Waals surface area contributed by atoms with Crippen LogP contribution in [0.4, 0.5) is 0 Å². The molecule has 0 amide bonds. The van der Waals surface area contributed by atoms with Gasteiger partial charge in [-0.05, 0) is 18.2 Å². The van der Waals surface area contributed by atoms with E-state index in [1.54, 1.807) is 18.6 Å². The summed E-state index contributed by atoms with van der Waals surface area (Å²) < 4.78 is 10.2. The third kappa shape index (κ3) is 2.73. The Hall–Kier alpha value is -3.29. The number of hydrogen-bond donors (Lipinski definition) is 0. The minimum absolute atomic E-state index is 0.278. The number of furan rings is 1. The van der Waals surface area contributed by atoms with Crippen molar-refractivity contribution >= 4 is 0 Å². The highest BCUT2D eigenvalue weighted by molar-refractivity contribution is 5.54. The van der Waals surface area contributed by atoms with Gasteiger partial charge in [-0.2, -0.15) is 9.78 Å². The molecule has 3 heterocycles. The smallest absolute Gasteiger partial charge is 0.261 e. The van der Waals surface area contributed by atoms with Crippen molar-refractivity contribution in [2.24, 2.45) is 0 Å². The zero-order valence-electron chi connectivity index (χ0n) is 12.2. The van der Waals surface area contributed by atoms with Gasteiger partial charge in [0.25, 0.3) is 5.89 Å². The topological polar surface area (TPSA) is 95.7 Å². The van der Waals surface area contributed by atoms with Crippen molar-refractivity contribution in [1.29, 1.82) is 0 Å². The first-order chi connectivity index (χ1) is 11.3. The van der Waals surface area contributed by atoms with Gasteiger partial charge in [0.1, 0.15) is 12.8 Å². The average molecular weight is 308 g/mol. The highest BCUT2D eigenvalue weighted by Crippen LogP contribution is 2.17. The van der Waals surface area contributed by atoms with Crippen molar-refractivity contribution in [2.45, 2.75) is 13.5 Å². The van der Waals surface area contributed by atoms with E-state index in [1.165, 1.54) is 10.4 Å². The Balaban J connectivity index is 1.53. The second-order valence-electron chi connectivity index (χ2n) is 5.04. The van der Waals surface area contributed by atoms with Crippen molar-refractivity contribution in [3.8, 4) is 22.8 Å². The molecule has 0 saturated carbocycles. The van der Waals surface area contributed by atoms with Gasteiger partial charge < -0.3 is 8.94 Å². The van der Waals surface area contributed by atoms with Crippen LogP contribution in [0.25, 0.3) is 22.8 Å². The molecule has 114 valence electrons. The number of aromatic nitrogens is 6. The van der Waals surface area contributed by atoms with E-state index >= 15 is 0 Å². The summed E-state index contributed by atoms with van der Waals surface area (Å²) in [6.07, 6.45) is 3.09. The Morgan fingerprint density at radius 1 is 1.09 bits per heavy atom. The lowest BCUT2D eigenvalue weighted by atomic mass is 10.1. The summed E-state index contributed by atoms with van der Waals surface area (Å²) in [5, 5.41) is 16.3. The van der Waals surface area contributed by atoms with Crippen molar-refractivity contribution in [3.05, 3.63) is 54.2 Å². The van der Waals surface area contributed by atoms with Crippen molar-refractivity contribution in [1.82, 2.24) is 30.3 Å². The Morgan fingerprint density at radius 3 is 2.74 bits per heavy atom. The molecule has 0 unspecified atom stereocenters. The second kappa shape index (κ2) is 5.48. The lowest BCUT2D eigenvalue weighted by Gasteiger charge is -1.95. The molecular weight excluding hydrogens is 296 g/mol. The van der Waals surface area contributed by atoms with Gasteiger partial charge in [0.05, 0.1) is 11.8 Å². The molecule has 0 saturated heterocycles. The zero-order valence-corrected chi connectivity index (χ0v) is 12.2. The van der Waals surface area contributed by atoms with E-state index in [0.29, 0.717) is 17.5 Å². The molecule has 0 aliphatic rings. The van der Waals surface area contributed by atoms with Crippen LogP contribution in [-0.4, -0.2) is 30.3 Å². The molecule has 0 fully saturated rings. The molecule has 0 aliphatic carbocycles. The molecule has 0 atom stereocenters. The Kier molecular flexibility index (Phi) is 3.19. The number of nitrogens with zero attached hydrogens (tertiary/aromatic N) is 6. The summed E-state index contributed by atoms with van der Waals surface area (Å²) in [5.41, 5.74) is 2.82. The lowest BCUT2D eigenvalue weighted by molar-refractivity contribution is 0.414. The van der Waals surface area contributed by atoms with Gasteiger partial charge in [-0.25, -0.2) is 0 Å². The number of tetrazole rings is 1. The van der Waals surface area contributed by atoms with Gasteiger partial charge in [-0.15, -0.1) is 10.2 Å². The Bertz CT molecular complexity index is 908. The molecule has 3 aromatic heterocycles. The first-order valence-corrected chi connectivity index (χ1v) is 6.98. The van der Waals surface area contributed by atoms with Gasteiger partial charge in [0.2, 0.25) is 5.82 Å². The minimum atomic E-state index is 0.278. The predicted octanol–water partition coefficient (Wildman–Crippen LogP) is 2.34. The van der Waals surface area contributed by atoms with E-state index in [4.69, 9.17) is 8.94 Å². The highest BCUT2D eigenvalue weighted by Gasteiger charge is 2.12. The standard InChI is InChI=1S/C15H12N6O2/c1-10-2-4-11(5-3-10)14-17-20-21(18-14)8-13-16-15(23-19-13)12-6-7-22-9-12/h2-7,9H,8H2,1H3. The van der Waals surface area contributed by atoms with E-state index in [1.807, 2.05) is 31.2 Å². The molecule has 0 spiro atoms. The van der Waals surface area contributed by atoms with Crippen LogP contribution in [0.15, 0.2) is 51.8 Å². The summed E-state index contributed by atoms with van der Waals surface area (Å²) in [4.78, 5) is 5.70. The molecule has 0 N–H and O–H groups in total. The fourth-order valence-corrected chi connectivity index (χ4v) is 2.08. The first-order valence-electron chi connectivity index (χ1n) is 6.98. The number of hydrogen-bond acceptors (Lipinski definition) is 7. The molecule has 0 radical (unpaired) electrons. The quantitative estimate of drug-likeness (QED) is 0.571. The van der Waals surface area contributed by atoms with Gasteiger partial charge in [0, 0.05) is 5.56 Å². The van der Waals surface area contributed by atoms with E-state index in [-0.39, 0.29) is 6.54 Å². The second-order valence-corrected chi connectivity index (χ2v) is 5.04. The normalized spacial score (nSPS) is 11.0. The van der Waals surface area contributed by atoms with Gasteiger partial charge in [-0.3, -0.25) is 0 Å². The maximum Gasteiger partial charge on any atom is 0.261 e. The maximum absolute atomic E-state index is 5.18. The predicted molar refractivity (Wildman–Crippen MR) is 79.1 cm³/mol. The molecule has 0 bridgehead atoms. The molecule has 4 aromatic rings. The summed E-state index contributed by atoms with van der Waals surface area (Å²) in [6, 6.07) is 9.68. The molecule has 8 nitrogen and oxygen atoms in total. The molecule has 0 aliphatic heterocycles. The highest BCUT2D eigenvalue weighted by atomic mass is 16.5. The van der Waals surface area contributed by atoms with Crippen molar-refractivity contribution in [2.75, 3.05) is 0 Å². The van der Waals surface area contributed by atoms with E-state index in [2.05, 4.69) is 25.6 Å². The molecule has 23 heavy (non-hydrogen) atoms. The number of benzene rings is 1. The van der Waals surface area contributed by atoms with Crippen LogP contribution in [0.5, 0.6) is 0 Å². The molecule has 4 rings (SSSR count). The van der Waals surface area contributed by atoms with Crippen molar-refractivity contribution in [3.63, 3.8) is 0 Å². The summed E-state index contributed by atoms with van der Waals surface area (Å²) in [7, 11) is 0. The number of aryl methyl sites for hydroxylation is 1. The van der Waals surface area contributed by atoms with Crippen LogP contribution in [0.3, 0.4) is 0 Å². The molecule has 1 aromatic carbocycles. The van der Waals surface area contributed by atoms with Crippen LogP contribution in [-0.2, 0) is 6.54 Å². The summed E-state index contributed by atoms with van der Waals surface area (Å²) in [6.45, 7) is 2.31. The lowest BCUT2D eigenvalue weighted by Crippen LogP contribution is -2.05. The Labute approximate surface area is 130 Å². The third-order valence-electron chi connectivity index (χ3n) is 3.28. The van der Waals surface area contributed by atoms with Crippen LogP contribution in [0, 0.1) is 6.92 Å². The SMILES string of the molecule is Cc1ccc(-c2nnn(Cc3noc(-c4ccoc4)n3)n2)cc1. The largest absolute Gasteiger partial charge is 0.472 e. The summed E-state index contributed by atoms with van der Waals surface area (Å²) in [5.74, 6) is 1.42. The fourth-order valence-electron chi connectivity index (χ4n) is 2.08. The van der Waals surface area contributed by atoms with Crippen LogP contribution in [0.1, 0.15) is 11.4 Å². The average Bonchev–Trinajstić information content (AvgIpc) is 3.29. The first kappa shape index (κ1) is 13.4. The summed E-state index contributed by atoms with van der Waals surface area (Å²) >= 11 is 0. The third-order valence-corrected chi connectivity index (χ3v) is 3.28. The fraction of sp³-hybridized carbons (Fsp3) is 0.133. The van der Waals surface area contributed by atoms with Crippen molar-refractivity contribution < 1.29 is 8.94 Å².